The van der Waals surface area contributed by atoms with Gasteiger partial charge in [0, 0.05) is 12.8 Å². The monoisotopic (exact) mass is 444 g/mol. The minimum atomic E-state index is -3.75. The van der Waals surface area contributed by atoms with Crippen LogP contribution in [0.25, 0.3) is 0 Å². The molecule has 0 N–H and O–H groups in total. The zero-order valence-corrected chi connectivity index (χ0v) is 19.9. The molecule has 1 aromatic rings. The van der Waals surface area contributed by atoms with Crippen LogP contribution in [-0.2, 0) is 19.1 Å². The molecule has 0 heterocycles. The average molecular weight is 445 g/mol. The van der Waals surface area contributed by atoms with Crippen LogP contribution in [0.4, 0.5) is 0 Å². The van der Waals surface area contributed by atoms with E-state index in [4.69, 9.17) is 4.18 Å². The second kappa shape index (κ2) is 7.41. The number of carbonyl (C=O) groups excluding carboxylic acids is 1. The van der Waals surface area contributed by atoms with Crippen molar-refractivity contribution in [1.82, 2.24) is 0 Å². The molecule has 4 aliphatic carbocycles. The number of aryl methyl sites for hydroxylation is 1. The molecule has 0 unspecified atom stereocenters. The second-order valence-corrected chi connectivity index (χ2v) is 12.9. The lowest BCUT2D eigenvalue weighted by molar-refractivity contribution is -0.140. The first-order valence-corrected chi connectivity index (χ1v) is 13.6. The minimum absolute atomic E-state index is 0.0768. The maximum atomic E-state index is 13.0. The first-order valence-electron chi connectivity index (χ1n) is 12.2. The van der Waals surface area contributed by atoms with Crippen molar-refractivity contribution in [1.29, 1.82) is 0 Å². The van der Waals surface area contributed by atoms with E-state index < -0.39 is 10.1 Å². The maximum Gasteiger partial charge on any atom is 0.297 e. The Balaban J connectivity index is 1.37. The van der Waals surface area contributed by atoms with E-state index >= 15 is 0 Å². The van der Waals surface area contributed by atoms with Crippen LogP contribution in [0.3, 0.4) is 0 Å². The fourth-order valence-electron chi connectivity index (χ4n) is 8.07. The molecular weight excluding hydrogens is 408 g/mol. The van der Waals surface area contributed by atoms with Crippen LogP contribution in [0.5, 0.6) is 0 Å². The lowest BCUT2D eigenvalue weighted by Gasteiger charge is -2.60. The Hall–Kier alpha value is -1.20. The van der Waals surface area contributed by atoms with E-state index in [0.29, 0.717) is 29.5 Å². The molecule has 0 saturated heterocycles. The second-order valence-electron chi connectivity index (χ2n) is 11.4. The van der Waals surface area contributed by atoms with E-state index in [1.54, 1.807) is 12.1 Å². The summed E-state index contributed by atoms with van der Waals surface area (Å²) in [5.74, 6) is 2.85. The first-order chi connectivity index (χ1) is 14.6. The lowest BCUT2D eigenvalue weighted by Crippen LogP contribution is -2.54. The van der Waals surface area contributed by atoms with Gasteiger partial charge in [0.05, 0.1) is 11.0 Å². The number of carbonyl (C=O) groups is 1. The van der Waals surface area contributed by atoms with Crippen LogP contribution >= 0.6 is 0 Å². The number of Topliss-reactive ketones (excluding diaryl/α,β-unsaturated/α-hetero) is 1. The predicted octanol–water partition coefficient (Wildman–Crippen LogP) is 5.68. The van der Waals surface area contributed by atoms with Gasteiger partial charge in [0.15, 0.2) is 0 Å². The summed E-state index contributed by atoms with van der Waals surface area (Å²) in [4.78, 5) is 12.4. The number of hydrogen-bond acceptors (Lipinski definition) is 4. The number of fused-ring (bicyclic) bond motifs is 5. The summed E-state index contributed by atoms with van der Waals surface area (Å²) >= 11 is 0. The number of hydrogen-bond donors (Lipinski definition) is 0. The third-order valence-electron chi connectivity index (χ3n) is 9.95. The molecule has 0 aromatic heterocycles. The van der Waals surface area contributed by atoms with Gasteiger partial charge in [-0.2, -0.15) is 8.42 Å². The van der Waals surface area contributed by atoms with E-state index in [9.17, 15) is 13.2 Å². The van der Waals surface area contributed by atoms with Crippen molar-refractivity contribution in [3.8, 4) is 0 Å². The van der Waals surface area contributed by atoms with Gasteiger partial charge in [0.2, 0.25) is 0 Å². The summed E-state index contributed by atoms with van der Waals surface area (Å²) in [7, 11) is -3.75. The Kier molecular flexibility index (Phi) is 5.17. The van der Waals surface area contributed by atoms with Crippen molar-refractivity contribution >= 4 is 15.9 Å². The highest BCUT2D eigenvalue weighted by Crippen LogP contribution is 2.66. The standard InChI is InChI=1S/C26H36O4S/c1-17-4-7-20(8-5-17)31(28,29)30-24-11-10-22-21-9-6-18-16-19(27)12-14-25(18,2)23(21)13-15-26(22,24)3/h4-5,7-8,18,21-24H,6,9-16H2,1-3H3/t18-,21-,22+,23+,24-,25+,26+/m1/s1. The molecular formula is C26H36O4S. The van der Waals surface area contributed by atoms with Crippen LogP contribution in [-0.4, -0.2) is 20.3 Å². The van der Waals surface area contributed by atoms with Crippen molar-refractivity contribution in [3.63, 3.8) is 0 Å². The van der Waals surface area contributed by atoms with Crippen LogP contribution < -0.4 is 0 Å². The summed E-state index contributed by atoms with van der Waals surface area (Å²) in [6.07, 6.45) is 8.75. The van der Waals surface area contributed by atoms with Crippen molar-refractivity contribution < 1.29 is 17.4 Å². The van der Waals surface area contributed by atoms with Gasteiger partial charge < -0.3 is 0 Å². The van der Waals surface area contributed by atoms with Gasteiger partial charge in [-0.15, -0.1) is 0 Å². The summed E-state index contributed by atoms with van der Waals surface area (Å²) < 4.78 is 32.0. The van der Waals surface area contributed by atoms with Crippen molar-refractivity contribution in [2.45, 2.75) is 89.6 Å². The van der Waals surface area contributed by atoms with Gasteiger partial charge in [0.25, 0.3) is 10.1 Å². The zero-order valence-electron chi connectivity index (χ0n) is 19.1. The average Bonchev–Trinajstić information content (AvgIpc) is 3.04. The highest BCUT2D eigenvalue weighted by Gasteiger charge is 2.61. The van der Waals surface area contributed by atoms with E-state index in [1.165, 1.54) is 6.42 Å². The smallest absolute Gasteiger partial charge is 0.297 e. The van der Waals surface area contributed by atoms with Crippen LogP contribution in [0, 0.1) is 41.4 Å². The fraction of sp³-hybridized carbons (Fsp3) is 0.731. The molecule has 4 nitrogen and oxygen atoms in total. The molecule has 7 atom stereocenters. The summed E-state index contributed by atoms with van der Waals surface area (Å²) in [6, 6.07) is 6.97. The molecule has 0 amide bonds. The quantitative estimate of drug-likeness (QED) is 0.563. The first kappa shape index (κ1) is 21.6. The topological polar surface area (TPSA) is 60.4 Å². The summed E-state index contributed by atoms with van der Waals surface area (Å²) in [5.41, 5.74) is 1.25. The zero-order chi connectivity index (χ0) is 22.0. The van der Waals surface area contributed by atoms with E-state index in [1.807, 2.05) is 19.1 Å². The van der Waals surface area contributed by atoms with Gasteiger partial charge in [-0.25, -0.2) is 0 Å². The molecule has 4 fully saturated rings. The fourth-order valence-corrected chi connectivity index (χ4v) is 9.27. The molecule has 0 aliphatic heterocycles. The lowest BCUT2D eigenvalue weighted by atomic mass is 9.45. The highest BCUT2D eigenvalue weighted by atomic mass is 32.2. The SMILES string of the molecule is Cc1ccc(S(=O)(=O)O[C@@H]2CC[C@H]3[C@H]4CC[C@@H]5CC(=O)CC[C@]5(C)[C@H]4CC[C@]23C)cc1. The Morgan fingerprint density at radius 1 is 0.903 bits per heavy atom. The van der Waals surface area contributed by atoms with E-state index in [-0.39, 0.29) is 21.8 Å². The van der Waals surface area contributed by atoms with Crippen LogP contribution in [0.15, 0.2) is 29.2 Å². The molecule has 1 aromatic carbocycles. The predicted molar refractivity (Wildman–Crippen MR) is 120 cm³/mol. The molecule has 5 rings (SSSR count). The van der Waals surface area contributed by atoms with Gasteiger partial charge in [-0.05, 0) is 98.5 Å². The molecule has 0 spiro atoms. The Morgan fingerprint density at radius 3 is 2.35 bits per heavy atom. The Morgan fingerprint density at radius 2 is 1.61 bits per heavy atom. The van der Waals surface area contributed by atoms with Gasteiger partial charge in [-0.3, -0.25) is 8.98 Å². The van der Waals surface area contributed by atoms with E-state index in [0.717, 1.165) is 56.9 Å². The molecule has 5 heteroatoms. The molecule has 0 radical (unpaired) electrons. The van der Waals surface area contributed by atoms with Crippen LogP contribution in [0.1, 0.15) is 77.2 Å². The normalized spacial score (nSPS) is 42.5. The number of ketones is 1. The number of benzene rings is 1. The minimum Gasteiger partial charge on any atom is -0.300 e. The third kappa shape index (κ3) is 3.42. The molecule has 31 heavy (non-hydrogen) atoms. The van der Waals surface area contributed by atoms with Crippen molar-refractivity contribution in [2.24, 2.45) is 34.5 Å². The third-order valence-corrected chi connectivity index (χ3v) is 11.3. The highest BCUT2D eigenvalue weighted by molar-refractivity contribution is 7.86. The van der Waals surface area contributed by atoms with Crippen molar-refractivity contribution in [2.75, 3.05) is 0 Å². The molecule has 170 valence electrons. The Bertz CT molecular complexity index is 968. The molecule has 4 saturated carbocycles. The summed E-state index contributed by atoms with van der Waals surface area (Å²) in [6.45, 7) is 6.69. The largest absolute Gasteiger partial charge is 0.300 e. The van der Waals surface area contributed by atoms with Crippen LogP contribution in [0.2, 0.25) is 0 Å². The van der Waals surface area contributed by atoms with Gasteiger partial charge in [0.1, 0.15) is 5.78 Å². The van der Waals surface area contributed by atoms with E-state index in [2.05, 4.69) is 13.8 Å². The molecule has 4 aliphatic rings. The summed E-state index contributed by atoms with van der Waals surface area (Å²) in [5, 5.41) is 0. The van der Waals surface area contributed by atoms with Crippen molar-refractivity contribution in [3.05, 3.63) is 29.8 Å². The van der Waals surface area contributed by atoms with Gasteiger partial charge >= 0.3 is 0 Å². The van der Waals surface area contributed by atoms with Gasteiger partial charge in [-0.1, -0.05) is 31.5 Å². The maximum absolute atomic E-state index is 13.0. The molecule has 0 bridgehead atoms. The number of rotatable bonds is 3. The Labute approximate surface area is 187 Å².